The van der Waals surface area contributed by atoms with Crippen molar-refractivity contribution in [3.8, 4) is 0 Å². The molecule has 0 aromatic carbocycles. The Kier molecular flexibility index (Phi) is 4.75. The molecule has 0 N–H and O–H groups in total. The van der Waals surface area contributed by atoms with Crippen LogP contribution in [0.2, 0.25) is 0 Å². The molecule has 0 amide bonds. The summed E-state index contributed by atoms with van der Waals surface area (Å²) in [4.78, 5) is 1.96. The molecule has 9 heavy (non-hydrogen) atoms. The highest BCUT2D eigenvalue weighted by atomic mass is 127. The Morgan fingerprint density at radius 1 is 1.56 bits per heavy atom. The van der Waals surface area contributed by atoms with E-state index >= 15 is 0 Å². The van der Waals surface area contributed by atoms with Gasteiger partial charge >= 0.3 is 0 Å². The van der Waals surface area contributed by atoms with Crippen LogP contribution in [0.1, 0.15) is 6.92 Å². The standard InChI is InChI=1S/C6H11IN2/c1-4-5-6(8-7)9(2)3/h4-5H,1-3H3/b5-4-,8-6-. The SMILES string of the molecule is C/C=C\C(=N\I)N(C)C. The largest absolute Gasteiger partial charge is 0.362 e. The Morgan fingerprint density at radius 2 is 2.11 bits per heavy atom. The van der Waals surface area contributed by atoms with Crippen LogP contribution in [0, 0.1) is 0 Å². The first-order valence-corrected chi connectivity index (χ1v) is 3.67. The van der Waals surface area contributed by atoms with Crippen molar-refractivity contribution in [2.75, 3.05) is 14.1 Å². The molecule has 0 spiro atoms. The van der Waals surface area contributed by atoms with E-state index < -0.39 is 0 Å². The van der Waals surface area contributed by atoms with Crippen molar-refractivity contribution in [2.45, 2.75) is 6.92 Å². The molecule has 0 fully saturated rings. The van der Waals surface area contributed by atoms with Crippen LogP contribution < -0.4 is 0 Å². The number of rotatable bonds is 1. The fraction of sp³-hybridized carbons (Fsp3) is 0.500. The molecule has 2 nitrogen and oxygen atoms in total. The van der Waals surface area contributed by atoms with Gasteiger partial charge in [0.2, 0.25) is 0 Å². The van der Waals surface area contributed by atoms with Crippen LogP contribution in [0.15, 0.2) is 15.4 Å². The van der Waals surface area contributed by atoms with Crippen LogP contribution in [0.25, 0.3) is 0 Å². The van der Waals surface area contributed by atoms with Crippen molar-refractivity contribution in [1.29, 1.82) is 0 Å². The number of hydrogen-bond donors (Lipinski definition) is 0. The van der Waals surface area contributed by atoms with Gasteiger partial charge in [0.1, 0.15) is 5.84 Å². The zero-order valence-corrected chi connectivity index (χ0v) is 8.08. The molecule has 0 rings (SSSR count). The first kappa shape index (κ1) is 8.94. The normalized spacial score (nSPS) is 12.7. The molecule has 0 aromatic heterocycles. The van der Waals surface area contributed by atoms with Gasteiger partial charge in [-0.25, -0.2) is 0 Å². The molecule has 0 radical (unpaired) electrons. The second kappa shape index (κ2) is 4.78. The van der Waals surface area contributed by atoms with Crippen molar-refractivity contribution < 1.29 is 0 Å². The molecule has 3 heteroatoms. The molecule has 0 atom stereocenters. The number of amidine groups is 1. The van der Waals surface area contributed by atoms with E-state index in [1.807, 2.05) is 60.9 Å². The fourth-order valence-corrected chi connectivity index (χ4v) is 0.994. The van der Waals surface area contributed by atoms with Gasteiger partial charge in [-0.15, -0.1) is 0 Å². The molecule has 0 aliphatic rings. The predicted octanol–water partition coefficient (Wildman–Crippen LogP) is 1.87. The van der Waals surface area contributed by atoms with E-state index in [-0.39, 0.29) is 0 Å². The van der Waals surface area contributed by atoms with E-state index in [2.05, 4.69) is 3.21 Å². The van der Waals surface area contributed by atoms with Gasteiger partial charge in [-0.05, 0) is 13.0 Å². The van der Waals surface area contributed by atoms with Crippen LogP contribution in [0.4, 0.5) is 0 Å². The Morgan fingerprint density at radius 3 is 2.22 bits per heavy atom. The predicted molar refractivity (Wildman–Crippen MR) is 50.0 cm³/mol. The summed E-state index contributed by atoms with van der Waals surface area (Å²) in [5.74, 6) is 0.984. The van der Waals surface area contributed by atoms with Gasteiger partial charge in [0, 0.05) is 14.1 Å². The Hall–Kier alpha value is -0.0600. The number of hydrogen-bond acceptors (Lipinski definition) is 1. The summed E-state index contributed by atoms with van der Waals surface area (Å²) in [5.41, 5.74) is 0. The van der Waals surface area contributed by atoms with E-state index in [1.54, 1.807) is 0 Å². The molecule has 52 valence electrons. The summed E-state index contributed by atoms with van der Waals surface area (Å²) < 4.78 is 4.00. The van der Waals surface area contributed by atoms with Gasteiger partial charge in [-0.3, -0.25) is 0 Å². The van der Waals surface area contributed by atoms with Gasteiger partial charge in [-0.1, -0.05) is 6.08 Å². The monoisotopic (exact) mass is 238 g/mol. The molecule has 0 aromatic rings. The number of likely N-dealkylation sites (N-methyl/N-ethyl adjacent to an activating group) is 1. The third-order valence-corrected chi connectivity index (χ3v) is 1.35. The molecule has 0 aliphatic heterocycles. The molecule has 0 unspecified atom stereocenters. The van der Waals surface area contributed by atoms with Gasteiger partial charge in [0.15, 0.2) is 0 Å². The average molecular weight is 238 g/mol. The number of nitrogens with zero attached hydrogens (tertiary/aromatic N) is 2. The Bertz CT molecular complexity index is 127. The average Bonchev–Trinajstić information content (AvgIpc) is 1.82. The quantitative estimate of drug-likeness (QED) is 0.387. The van der Waals surface area contributed by atoms with Crippen LogP contribution in [0.3, 0.4) is 0 Å². The minimum atomic E-state index is 0.984. The summed E-state index contributed by atoms with van der Waals surface area (Å²) in [6.45, 7) is 1.98. The third kappa shape index (κ3) is 3.51. The molecule has 0 heterocycles. The second-order valence-electron chi connectivity index (χ2n) is 1.84. The molecule has 0 saturated carbocycles. The third-order valence-electron chi connectivity index (χ3n) is 0.861. The smallest absolute Gasteiger partial charge is 0.134 e. The lowest BCUT2D eigenvalue weighted by atomic mass is 10.5. The van der Waals surface area contributed by atoms with Crippen molar-refractivity contribution in [2.24, 2.45) is 3.21 Å². The van der Waals surface area contributed by atoms with E-state index in [1.165, 1.54) is 0 Å². The molecular formula is C6H11IN2. The lowest BCUT2D eigenvalue weighted by molar-refractivity contribution is 0.629. The summed E-state index contributed by atoms with van der Waals surface area (Å²) in [6, 6.07) is 0. The first-order chi connectivity index (χ1) is 4.22. The topological polar surface area (TPSA) is 15.6 Å². The zero-order chi connectivity index (χ0) is 7.28. The summed E-state index contributed by atoms with van der Waals surface area (Å²) in [6.07, 6.45) is 3.93. The Balaban J connectivity index is 4.01. The summed E-state index contributed by atoms with van der Waals surface area (Å²) in [5, 5.41) is 0. The van der Waals surface area contributed by atoms with Crippen molar-refractivity contribution in [3.63, 3.8) is 0 Å². The molecule has 0 bridgehead atoms. The highest BCUT2D eigenvalue weighted by molar-refractivity contribution is 14.1. The van der Waals surface area contributed by atoms with E-state index in [0.29, 0.717) is 0 Å². The van der Waals surface area contributed by atoms with Crippen LogP contribution in [0.5, 0.6) is 0 Å². The van der Waals surface area contributed by atoms with Crippen LogP contribution >= 0.6 is 22.9 Å². The van der Waals surface area contributed by atoms with Gasteiger partial charge < -0.3 is 4.90 Å². The molecule has 0 aliphatic carbocycles. The van der Waals surface area contributed by atoms with E-state index in [4.69, 9.17) is 0 Å². The van der Waals surface area contributed by atoms with Gasteiger partial charge in [0.25, 0.3) is 0 Å². The minimum absolute atomic E-state index is 0.984. The van der Waals surface area contributed by atoms with Crippen molar-refractivity contribution >= 4 is 28.7 Å². The number of halogens is 1. The van der Waals surface area contributed by atoms with Crippen LogP contribution in [-0.2, 0) is 0 Å². The lowest BCUT2D eigenvalue weighted by Gasteiger charge is -2.09. The van der Waals surface area contributed by atoms with E-state index in [0.717, 1.165) is 5.84 Å². The highest BCUT2D eigenvalue weighted by Crippen LogP contribution is 1.92. The molecule has 0 saturated heterocycles. The van der Waals surface area contributed by atoms with Gasteiger partial charge in [-0.2, -0.15) is 3.21 Å². The van der Waals surface area contributed by atoms with Crippen molar-refractivity contribution in [1.82, 2.24) is 4.90 Å². The van der Waals surface area contributed by atoms with Gasteiger partial charge in [0.05, 0.1) is 22.9 Å². The molecular weight excluding hydrogens is 227 g/mol. The maximum absolute atomic E-state index is 4.00. The van der Waals surface area contributed by atoms with Crippen LogP contribution in [-0.4, -0.2) is 24.8 Å². The first-order valence-electron chi connectivity index (χ1n) is 2.71. The highest BCUT2D eigenvalue weighted by Gasteiger charge is 1.91. The zero-order valence-electron chi connectivity index (χ0n) is 5.93. The number of allylic oxidation sites excluding steroid dienone is 1. The maximum Gasteiger partial charge on any atom is 0.134 e. The van der Waals surface area contributed by atoms with E-state index in [9.17, 15) is 0 Å². The minimum Gasteiger partial charge on any atom is -0.362 e. The maximum atomic E-state index is 4.00. The fourth-order valence-electron chi connectivity index (χ4n) is 0.402. The second-order valence-corrected chi connectivity index (χ2v) is 2.32. The Labute approximate surface area is 70.1 Å². The lowest BCUT2D eigenvalue weighted by Crippen LogP contribution is -2.18. The summed E-state index contributed by atoms with van der Waals surface area (Å²) in [7, 11) is 3.94. The van der Waals surface area contributed by atoms with Crippen molar-refractivity contribution in [3.05, 3.63) is 12.2 Å². The summed E-state index contributed by atoms with van der Waals surface area (Å²) >= 11 is 1.98.